The first-order valence-corrected chi connectivity index (χ1v) is 5.34. The summed E-state index contributed by atoms with van der Waals surface area (Å²) in [6, 6.07) is 4.24. The lowest BCUT2D eigenvalue weighted by Crippen LogP contribution is -2.09. The summed E-state index contributed by atoms with van der Waals surface area (Å²) in [5, 5.41) is 0. The van der Waals surface area contributed by atoms with Crippen molar-refractivity contribution in [1.29, 1.82) is 0 Å². The molecule has 1 nitrogen and oxygen atoms in total. The summed E-state index contributed by atoms with van der Waals surface area (Å²) in [6.07, 6.45) is 12.3. The van der Waals surface area contributed by atoms with Crippen LogP contribution in [0.2, 0.25) is 0 Å². The first-order valence-electron chi connectivity index (χ1n) is 5.34. The highest BCUT2D eigenvalue weighted by atomic mass is 14.6. The van der Waals surface area contributed by atoms with Gasteiger partial charge in [0.15, 0.2) is 0 Å². The van der Waals surface area contributed by atoms with E-state index in [0.717, 1.165) is 5.92 Å². The quantitative estimate of drug-likeness (QED) is 0.672. The highest BCUT2D eigenvalue weighted by Gasteiger charge is 2.13. The molecule has 1 aromatic heterocycles. The van der Waals surface area contributed by atoms with Crippen LogP contribution in [0.4, 0.5) is 0 Å². The molecule has 1 aliphatic carbocycles. The Balaban J connectivity index is 1.90. The number of aromatic nitrogens is 1. The van der Waals surface area contributed by atoms with Crippen LogP contribution in [0.5, 0.6) is 0 Å². The fraction of sp³-hybridized carbons (Fsp3) is 0.583. The van der Waals surface area contributed by atoms with Crippen molar-refractivity contribution in [3.8, 4) is 0 Å². The van der Waals surface area contributed by atoms with Gasteiger partial charge in [-0.05, 0) is 24.0 Å². The molecule has 0 bridgehead atoms. The maximum atomic E-state index is 4.15. The SMILES string of the molecule is c1cncc(CC2CCCCC2)c1. The first kappa shape index (κ1) is 8.74. The molecule has 0 spiro atoms. The Kier molecular flexibility index (Phi) is 2.96. The molecule has 1 fully saturated rings. The number of nitrogens with zero attached hydrogens (tertiary/aromatic N) is 1. The van der Waals surface area contributed by atoms with Crippen molar-refractivity contribution < 1.29 is 0 Å². The van der Waals surface area contributed by atoms with E-state index in [9.17, 15) is 0 Å². The van der Waals surface area contributed by atoms with Gasteiger partial charge in [0.25, 0.3) is 0 Å². The van der Waals surface area contributed by atoms with Crippen molar-refractivity contribution >= 4 is 0 Å². The lowest BCUT2D eigenvalue weighted by molar-refractivity contribution is 0.356. The normalized spacial score (nSPS) is 18.8. The Morgan fingerprint density at radius 1 is 1.23 bits per heavy atom. The van der Waals surface area contributed by atoms with E-state index >= 15 is 0 Å². The molecule has 0 N–H and O–H groups in total. The third kappa shape index (κ3) is 2.55. The van der Waals surface area contributed by atoms with Crippen molar-refractivity contribution in [3.63, 3.8) is 0 Å². The van der Waals surface area contributed by atoms with E-state index < -0.39 is 0 Å². The zero-order chi connectivity index (χ0) is 8.93. The number of hydrogen-bond donors (Lipinski definition) is 0. The van der Waals surface area contributed by atoms with E-state index in [4.69, 9.17) is 0 Å². The molecule has 0 amide bonds. The van der Waals surface area contributed by atoms with Gasteiger partial charge in [0.1, 0.15) is 0 Å². The predicted octanol–water partition coefficient (Wildman–Crippen LogP) is 3.20. The molecule has 1 saturated carbocycles. The van der Waals surface area contributed by atoms with Gasteiger partial charge in [-0.3, -0.25) is 4.98 Å². The Bertz CT molecular complexity index is 237. The van der Waals surface area contributed by atoms with E-state index in [-0.39, 0.29) is 0 Å². The summed E-state index contributed by atoms with van der Waals surface area (Å²) >= 11 is 0. The van der Waals surface area contributed by atoms with E-state index in [1.165, 1.54) is 44.1 Å². The lowest BCUT2D eigenvalue weighted by Gasteiger charge is -2.21. The summed E-state index contributed by atoms with van der Waals surface area (Å²) in [4.78, 5) is 4.15. The minimum absolute atomic E-state index is 0.929. The van der Waals surface area contributed by atoms with Gasteiger partial charge >= 0.3 is 0 Å². The van der Waals surface area contributed by atoms with E-state index in [2.05, 4.69) is 11.1 Å². The van der Waals surface area contributed by atoms with Crippen LogP contribution < -0.4 is 0 Å². The molecule has 70 valence electrons. The standard InChI is InChI=1S/C12H17N/c1-2-5-11(6-3-1)9-12-7-4-8-13-10-12/h4,7-8,10-11H,1-3,5-6,9H2. The van der Waals surface area contributed by atoms with Crippen molar-refractivity contribution in [2.45, 2.75) is 38.5 Å². The van der Waals surface area contributed by atoms with Crippen molar-refractivity contribution in [2.24, 2.45) is 5.92 Å². The van der Waals surface area contributed by atoms with Gasteiger partial charge in [0.2, 0.25) is 0 Å². The summed E-state index contributed by atoms with van der Waals surface area (Å²) < 4.78 is 0. The molecular weight excluding hydrogens is 158 g/mol. The predicted molar refractivity (Wildman–Crippen MR) is 54.5 cm³/mol. The molecule has 0 radical (unpaired) electrons. The second-order valence-electron chi connectivity index (χ2n) is 4.07. The van der Waals surface area contributed by atoms with Gasteiger partial charge in [0, 0.05) is 12.4 Å². The van der Waals surface area contributed by atoms with Crippen molar-refractivity contribution in [3.05, 3.63) is 30.1 Å². The third-order valence-corrected chi connectivity index (χ3v) is 2.97. The van der Waals surface area contributed by atoms with Crippen LogP contribution in [-0.2, 0) is 6.42 Å². The number of rotatable bonds is 2. The minimum atomic E-state index is 0.929. The van der Waals surface area contributed by atoms with Crippen LogP contribution >= 0.6 is 0 Å². The molecule has 1 aliphatic rings. The van der Waals surface area contributed by atoms with Crippen LogP contribution in [0.25, 0.3) is 0 Å². The molecule has 1 heteroatoms. The second kappa shape index (κ2) is 4.40. The highest BCUT2D eigenvalue weighted by Crippen LogP contribution is 2.26. The van der Waals surface area contributed by atoms with Crippen LogP contribution in [0, 0.1) is 5.92 Å². The molecule has 0 unspecified atom stereocenters. The molecule has 0 saturated heterocycles. The average Bonchev–Trinajstić information content (AvgIpc) is 2.21. The Morgan fingerprint density at radius 2 is 2.08 bits per heavy atom. The monoisotopic (exact) mass is 175 g/mol. The van der Waals surface area contributed by atoms with Crippen LogP contribution in [-0.4, -0.2) is 4.98 Å². The Labute approximate surface area is 80.2 Å². The summed E-state index contributed by atoms with van der Waals surface area (Å²) in [6.45, 7) is 0. The maximum absolute atomic E-state index is 4.15. The van der Waals surface area contributed by atoms with E-state index in [1.54, 1.807) is 0 Å². The Hall–Kier alpha value is -0.850. The lowest BCUT2D eigenvalue weighted by atomic mass is 9.85. The van der Waals surface area contributed by atoms with Gasteiger partial charge in [-0.2, -0.15) is 0 Å². The zero-order valence-corrected chi connectivity index (χ0v) is 8.08. The molecule has 1 aromatic rings. The molecule has 0 atom stereocenters. The Morgan fingerprint density at radius 3 is 2.77 bits per heavy atom. The van der Waals surface area contributed by atoms with Crippen LogP contribution in [0.15, 0.2) is 24.5 Å². The van der Waals surface area contributed by atoms with Gasteiger partial charge in [-0.25, -0.2) is 0 Å². The fourth-order valence-electron chi connectivity index (χ4n) is 2.24. The van der Waals surface area contributed by atoms with Crippen molar-refractivity contribution in [1.82, 2.24) is 4.98 Å². The molecular formula is C12H17N. The number of pyridine rings is 1. The van der Waals surface area contributed by atoms with Crippen LogP contribution in [0.1, 0.15) is 37.7 Å². The molecule has 2 rings (SSSR count). The summed E-state index contributed by atoms with van der Waals surface area (Å²) in [5.74, 6) is 0.929. The highest BCUT2D eigenvalue weighted by molar-refractivity contribution is 5.09. The summed E-state index contributed by atoms with van der Waals surface area (Å²) in [7, 11) is 0. The van der Waals surface area contributed by atoms with Gasteiger partial charge in [-0.15, -0.1) is 0 Å². The molecule has 13 heavy (non-hydrogen) atoms. The average molecular weight is 175 g/mol. The van der Waals surface area contributed by atoms with Crippen LogP contribution in [0.3, 0.4) is 0 Å². The molecule has 0 aromatic carbocycles. The minimum Gasteiger partial charge on any atom is -0.264 e. The topological polar surface area (TPSA) is 12.9 Å². The second-order valence-corrected chi connectivity index (χ2v) is 4.07. The zero-order valence-electron chi connectivity index (χ0n) is 8.08. The summed E-state index contributed by atoms with van der Waals surface area (Å²) in [5.41, 5.74) is 1.41. The number of hydrogen-bond acceptors (Lipinski definition) is 1. The van der Waals surface area contributed by atoms with Gasteiger partial charge < -0.3 is 0 Å². The van der Waals surface area contributed by atoms with Gasteiger partial charge in [-0.1, -0.05) is 38.2 Å². The van der Waals surface area contributed by atoms with E-state index in [0.29, 0.717) is 0 Å². The maximum Gasteiger partial charge on any atom is 0.0299 e. The molecule has 1 heterocycles. The first-order chi connectivity index (χ1) is 6.45. The third-order valence-electron chi connectivity index (χ3n) is 2.97. The van der Waals surface area contributed by atoms with Crippen molar-refractivity contribution in [2.75, 3.05) is 0 Å². The molecule has 0 aliphatic heterocycles. The smallest absolute Gasteiger partial charge is 0.0299 e. The van der Waals surface area contributed by atoms with E-state index in [1.807, 2.05) is 18.5 Å². The van der Waals surface area contributed by atoms with Gasteiger partial charge in [0.05, 0.1) is 0 Å². The fourth-order valence-corrected chi connectivity index (χ4v) is 2.24. The largest absolute Gasteiger partial charge is 0.264 e.